The summed E-state index contributed by atoms with van der Waals surface area (Å²) in [7, 11) is 0. The van der Waals surface area contributed by atoms with Gasteiger partial charge in [-0.3, -0.25) is 14.5 Å². The third kappa shape index (κ3) is 2.82. The smallest absolute Gasteiger partial charge is 0.324 e. The molecule has 0 radical (unpaired) electrons. The summed E-state index contributed by atoms with van der Waals surface area (Å²) < 4.78 is 0. The van der Waals surface area contributed by atoms with Gasteiger partial charge in [-0.2, -0.15) is 0 Å². The first-order valence-corrected chi connectivity index (χ1v) is 7.25. The van der Waals surface area contributed by atoms with Gasteiger partial charge < -0.3 is 10.2 Å². The van der Waals surface area contributed by atoms with Crippen molar-refractivity contribution in [3.63, 3.8) is 0 Å². The number of benzene rings is 1. The highest BCUT2D eigenvalue weighted by atomic mass is 35.5. The average molecular weight is 320 g/mol. The molecule has 0 aliphatic carbocycles. The third-order valence-electron chi connectivity index (χ3n) is 3.71. The van der Waals surface area contributed by atoms with Crippen molar-refractivity contribution in [3.05, 3.63) is 40.9 Å². The Balaban J connectivity index is 1.54. The fourth-order valence-corrected chi connectivity index (χ4v) is 2.58. The van der Waals surface area contributed by atoms with E-state index in [1.165, 1.54) is 11.0 Å². The van der Waals surface area contributed by atoms with Crippen LogP contribution in [-0.4, -0.2) is 53.3 Å². The fourth-order valence-electron chi connectivity index (χ4n) is 2.45. The van der Waals surface area contributed by atoms with Gasteiger partial charge in [0.25, 0.3) is 0 Å². The molecule has 2 heterocycles. The monoisotopic (exact) mass is 319 g/mol. The Bertz CT molecular complexity index is 635. The lowest BCUT2D eigenvalue weighted by molar-refractivity contribution is -0.138. The first-order chi connectivity index (χ1) is 10.5. The van der Waals surface area contributed by atoms with Crippen LogP contribution in [0.3, 0.4) is 0 Å². The van der Waals surface area contributed by atoms with Crippen molar-refractivity contribution < 1.29 is 14.4 Å². The lowest BCUT2D eigenvalue weighted by Gasteiger charge is -2.41. The van der Waals surface area contributed by atoms with E-state index in [1.807, 2.05) is 12.1 Å². The Kier molecular flexibility index (Phi) is 3.85. The van der Waals surface area contributed by atoms with Crippen LogP contribution < -0.4 is 5.32 Å². The van der Waals surface area contributed by atoms with Gasteiger partial charge in [-0.1, -0.05) is 23.7 Å². The number of amides is 4. The Morgan fingerprint density at radius 1 is 1.23 bits per heavy atom. The SMILES string of the molecule is O=C(/C=C/c1ccc(Cl)cc1)N1CC(N2C(=O)CNC2=O)C1. The van der Waals surface area contributed by atoms with Crippen LogP contribution in [0.1, 0.15) is 5.56 Å². The maximum Gasteiger partial charge on any atom is 0.324 e. The highest BCUT2D eigenvalue weighted by Gasteiger charge is 2.42. The highest BCUT2D eigenvalue weighted by molar-refractivity contribution is 6.30. The molecule has 1 aromatic rings. The molecule has 1 aromatic carbocycles. The van der Waals surface area contributed by atoms with E-state index in [9.17, 15) is 14.4 Å². The van der Waals surface area contributed by atoms with Crippen LogP contribution in [-0.2, 0) is 9.59 Å². The highest BCUT2D eigenvalue weighted by Crippen LogP contribution is 2.18. The summed E-state index contributed by atoms with van der Waals surface area (Å²) in [4.78, 5) is 37.8. The Morgan fingerprint density at radius 3 is 2.50 bits per heavy atom. The first-order valence-electron chi connectivity index (χ1n) is 6.87. The van der Waals surface area contributed by atoms with Crippen molar-refractivity contribution in [3.8, 4) is 0 Å². The van der Waals surface area contributed by atoms with Crippen molar-refractivity contribution in [1.29, 1.82) is 0 Å². The van der Waals surface area contributed by atoms with Crippen LogP contribution in [0.25, 0.3) is 6.08 Å². The van der Waals surface area contributed by atoms with Crippen LogP contribution in [0.15, 0.2) is 30.3 Å². The maximum absolute atomic E-state index is 12.0. The standard InChI is InChI=1S/C15H14ClN3O3/c16-11-4-1-10(2-5-11)3-6-13(20)18-8-12(9-18)19-14(21)7-17-15(19)22/h1-6,12H,7-9H2,(H,17,22)/b6-3+. The topological polar surface area (TPSA) is 69.7 Å². The zero-order chi connectivity index (χ0) is 15.7. The summed E-state index contributed by atoms with van der Waals surface area (Å²) in [5.74, 6) is -0.378. The second-order valence-corrected chi connectivity index (χ2v) is 5.64. The molecule has 0 bridgehead atoms. The zero-order valence-corrected chi connectivity index (χ0v) is 12.4. The number of urea groups is 1. The predicted octanol–water partition coefficient (Wildman–Crippen LogP) is 1.12. The molecule has 114 valence electrons. The predicted molar refractivity (Wildman–Crippen MR) is 81.1 cm³/mol. The van der Waals surface area contributed by atoms with E-state index >= 15 is 0 Å². The first kappa shape index (κ1) is 14.6. The fraction of sp³-hybridized carbons (Fsp3) is 0.267. The quantitative estimate of drug-likeness (QED) is 0.670. The number of carbonyl (C=O) groups excluding carboxylic acids is 3. The van der Waals surface area contributed by atoms with Crippen LogP contribution in [0.4, 0.5) is 4.79 Å². The second kappa shape index (κ2) is 5.81. The number of imide groups is 1. The maximum atomic E-state index is 12.0. The summed E-state index contributed by atoms with van der Waals surface area (Å²) >= 11 is 5.79. The van der Waals surface area contributed by atoms with Crippen molar-refractivity contribution in [2.24, 2.45) is 0 Å². The Morgan fingerprint density at radius 2 is 1.91 bits per heavy atom. The van der Waals surface area contributed by atoms with Gasteiger partial charge in [0.15, 0.2) is 0 Å². The molecular formula is C15H14ClN3O3. The van der Waals surface area contributed by atoms with E-state index in [-0.39, 0.29) is 30.4 Å². The molecule has 2 aliphatic rings. The minimum absolute atomic E-state index is 0.0414. The molecule has 3 rings (SSSR count). The molecule has 22 heavy (non-hydrogen) atoms. The number of carbonyl (C=O) groups is 3. The molecule has 0 aromatic heterocycles. The van der Waals surface area contributed by atoms with Crippen molar-refractivity contribution in [2.75, 3.05) is 19.6 Å². The van der Waals surface area contributed by atoms with E-state index < -0.39 is 0 Å². The third-order valence-corrected chi connectivity index (χ3v) is 3.96. The minimum atomic E-state index is -0.376. The lowest BCUT2D eigenvalue weighted by Crippen LogP contribution is -2.62. The molecule has 7 heteroatoms. The number of hydrogen-bond acceptors (Lipinski definition) is 3. The molecule has 2 fully saturated rings. The molecule has 1 N–H and O–H groups in total. The van der Waals surface area contributed by atoms with Gasteiger partial charge in [0.05, 0.1) is 12.6 Å². The van der Waals surface area contributed by atoms with E-state index in [4.69, 9.17) is 11.6 Å². The van der Waals surface area contributed by atoms with Crippen molar-refractivity contribution >= 4 is 35.5 Å². The molecule has 0 saturated carbocycles. The van der Waals surface area contributed by atoms with Crippen LogP contribution in [0, 0.1) is 0 Å². The average Bonchev–Trinajstić information content (AvgIpc) is 2.77. The van der Waals surface area contributed by atoms with Crippen molar-refractivity contribution in [2.45, 2.75) is 6.04 Å². The summed E-state index contributed by atoms with van der Waals surface area (Å²) in [5, 5.41) is 3.11. The molecular weight excluding hydrogens is 306 g/mol. The minimum Gasteiger partial charge on any atom is -0.335 e. The molecule has 0 unspecified atom stereocenters. The van der Waals surface area contributed by atoms with Crippen molar-refractivity contribution in [1.82, 2.24) is 15.1 Å². The zero-order valence-electron chi connectivity index (χ0n) is 11.7. The van der Waals surface area contributed by atoms with E-state index in [2.05, 4.69) is 5.32 Å². The number of rotatable bonds is 3. The lowest BCUT2D eigenvalue weighted by atomic mass is 10.1. The summed E-state index contributed by atoms with van der Waals surface area (Å²) in [6.07, 6.45) is 3.19. The normalized spacial score (nSPS) is 18.8. The summed E-state index contributed by atoms with van der Waals surface area (Å²) in [6, 6.07) is 6.55. The molecule has 0 atom stereocenters. The number of nitrogens with zero attached hydrogens (tertiary/aromatic N) is 2. The van der Waals surface area contributed by atoms with Gasteiger partial charge in [0.2, 0.25) is 11.8 Å². The van der Waals surface area contributed by atoms with Gasteiger partial charge >= 0.3 is 6.03 Å². The van der Waals surface area contributed by atoms with E-state index in [0.29, 0.717) is 18.1 Å². The Labute approximate surface area is 132 Å². The van der Waals surface area contributed by atoms with E-state index in [1.54, 1.807) is 23.1 Å². The number of likely N-dealkylation sites (tertiary alicyclic amines) is 1. The molecule has 2 aliphatic heterocycles. The Hall–Kier alpha value is -2.34. The van der Waals surface area contributed by atoms with Crippen LogP contribution >= 0.6 is 11.6 Å². The number of hydrogen-bond donors (Lipinski definition) is 1. The van der Waals surface area contributed by atoms with Crippen LogP contribution in [0.2, 0.25) is 5.02 Å². The van der Waals surface area contributed by atoms with Crippen LogP contribution in [0.5, 0.6) is 0 Å². The molecule has 0 spiro atoms. The van der Waals surface area contributed by atoms with Gasteiger partial charge in [0, 0.05) is 24.2 Å². The van der Waals surface area contributed by atoms with E-state index in [0.717, 1.165) is 5.56 Å². The van der Waals surface area contributed by atoms with Gasteiger partial charge in [0.1, 0.15) is 0 Å². The summed E-state index contributed by atoms with van der Waals surface area (Å²) in [6.45, 7) is 0.797. The van der Waals surface area contributed by atoms with Gasteiger partial charge in [-0.05, 0) is 23.8 Å². The molecule has 4 amide bonds. The number of halogens is 1. The largest absolute Gasteiger partial charge is 0.335 e. The molecule has 2 saturated heterocycles. The van der Waals surface area contributed by atoms with Gasteiger partial charge in [-0.25, -0.2) is 4.79 Å². The summed E-state index contributed by atoms with van der Waals surface area (Å²) in [5.41, 5.74) is 0.879. The second-order valence-electron chi connectivity index (χ2n) is 5.20. The number of nitrogens with one attached hydrogen (secondary N) is 1. The van der Waals surface area contributed by atoms with Gasteiger partial charge in [-0.15, -0.1) is 0 Å². The molecule has 6 nitrogen and oxygen atoms in total.